The highest BCUT2D eigenvalue weighted by atomic mass is 127. The van der Waals surface area contributed by atoms with Gasteiger partial charge < -0.3 is 15.0 Å². The van der Waals surface area contributed by atoms with Crippen LogP contribution in [0.5, 0.6) is 11.8 Å². The number of hydrogen-bond acceptors (Lipinski definition) is 6. The minimum atomic E-state index is 0.313. The summed E-state index contributed by atoms with van der Waals surface area (Å²) in [6.07, 6.45) is 4.75. The fraction of sp³-hybridized carbons (Fsp3) is 0.0588. The molecule has 0 saturated heterocycles. The normalized spacial score (nSPS) is 11.0. The van der Waals surface area contributed by atoms with Crippen molar-refractivity contribution in [3.05, 3.63) is 52.8 Å². The van der Waals surface area contributed by atoms with Crippen LogP contribution >= 0.6 is 22.6 Å². The topological polar surface area (TPSA) is 91.7 Å². The van der Waals surface area contributed by atoms with Crippen LogP contribution in [0, 0.1) is 3.70 Å². The first-order valence-electron chi connectivity index (χ1n) is 7.45. The zero-order chi connectivity index (χ0) is 17.4. The largest absolute Gasteiger partial charge is 0.424 e. The molecule has 0 aliphatic rings. The Balaban J connectivity index is 1.76. The van der Waals surface area contributed by atoms with E-state index in [1.54, 1.807) is 18.5 Å². The average Bonchev–Trinajstić information content (AvgIpc) is 2.89. The summed E-state index contributed by atoms with van der Waals surface area (Å²) in [6, 6.07) is 9.75. The van der Waals surface area contributed by atoms with Crippen LogP contribution in [-0.4, -0.2) is 24.5 Å². The summed E-state index contributed by atoms with van der Waals surface area (Å²) in [5.41, 5.74) is 8.93. The van der Waals surface area contributed by atoms with Crippen molar-refractivity contribution in [1.29, 1.82) is 0 Å². The second-order valence-electron chi connectivity index (χ2n) is 5.34. The second kappa shape index (κ2) is 6.28. The quantitative estimate of drug-likeness (QED) is 0.487. The maximum Gasteiger partial charge on any atom is 0.321 e. The Kier molecular flexibility index (Phi) is 3.96. The fourth-order valence-electron chi connectivity index (χ4n) is 2.64. The smallest absolute Gasteiger partial charge is 0.321 e. The van der Waals surface area contributed by atoms with E-state index in [0.29, 0.717) is 17.6 Å². The van der Waals surface area contributed by atoms with Crippen LogP contribution in [0.2, 0.25) is 0 Å². The van der Waals surface area contributed by atoms with E-state index in [4.69, 9.17) is 10.5 Å². The summed E-state index contributed by atoms with van der Waals surface area (Å²) in [7, 11) is 1.96. The van der Waals surface area contributed by atoms with Crippen molar-refractivity contribution in [1.82, 2.24) is 24.5 Å². The van der Waals surface area contributed by atoms with Crippen LogP contribution in [0.3, 0.4) is 0 Å². The molecule has 0 aliphatic carbocycles. The third-order valence-electron chi connectivity index (χ3n) is 3.82. The van der Waals surface area contributed by atoms with Crippen molar-refractivity contribution in [2.24, 2.45) is 7.05 Å². The summed E-state index contributed by atoms with van der Waals surface area (Å²) in [5, 5.41) is 0.856. The lowest BCUT2D eigenvalue weighted by Gasteiger charge is -2.06. The molecular formula is C17H13IN6O. The minimum absolute atomic E-state index is 0.313. The molecule has 4 rings (SSSR count). The summed E-state index contributed by atoms with van der Waals surface area (Å²) in [4.78, 5) is 16.6. The lowest BCUT2D eigenvalue weighted by molar-refractivity contribution is 0.442. The van der Waals surface area contributed by atoms with Crippen LogP contribution in [0.4, 0.5) is 5.82 Å². The van der Waals surface area contributed by atoms with Crippen molar-refractivity contribution in [2.45, 2.75) is 0 Å². The molecule has 0 bridgehead atoms. The van der Waals surface area contributed by atoms with E-state index in [0.717, 1.165) is 25.9 Å². The lowest BCUT2D eigenvalue weighted by atomic mass is 10.1. The van der Waals surface area contributed by atoms with Gasteiger partial charge in [-0.15, -0.1) is 0 Å². The molecule has 7 nitrogen and oxygen atoms in total. The standard InChI is InChI=1S/C17H13IN6O/c1-24-14(18)12(13-15(19)22-9-23-16(13)24)10-3-5-11(6-4-10)25-17-20-7-2-8-21-17/h2-9H,1H3,(H2,19,22,23). The lowest BCUT2D eigenvalue weighted by Crippen LogP contribution is -1.95. The number of anilines is 1. The highest BCUT2D eigenvalue weighted by Gasteiger charge is 2.18. The molecule has 0 aliphatic heterocycles. The van der Waals surface area contributed by atoms with Gasteiger partial charge in [-0.05, 0) is 46.4 Å². The van der Waals surface area contributed by atoms with Gasteiger partial charge >= 0.3 is 6.01 Å². The number of nitrogens with two attached hydrogens (primary N) is 1. The number of fused-ring (bicyclic) bond motifs is 1. The molecule has 25 heavy (non-hydrogen) atoms. The molecule has 8 heteroatoms. The van der Waals surface area contributed by atoms with Crippen molar-refractivity contribution in [2.75, 3.05) is 5.73 Å². The van der Waals surface area contributed by atoms with Gasteiger partial charge in [0.15, 0.2) is 0 Å². The maximum absolute atomic E-state index is 6.10. The number of halogens is 1. The van der Waals surface area contributed by atoms with Crippen molar-refractivity contribution >= 4 is 39.4 Å². The maximum atomic E-state index is 6.10. The molecule has 0 fully saturated rings. The molecule has 4 aromatic rings. The zero-order valence-corrected chi connectivity index (χ0v) is 15.4. The highest BCUT2D eigenvalue weighted by molar-refractivity contribution is 14.1. The molecule has 0 radical (unpaired) electrons. The van der Waals surface area contributed by atoms with E-state index in [1.807, 2.05) is 35.9 Å². The number of aryl methyl sites for hydroxylation is 1. The number of ether oxygens (including phenoxy) is 1. The average molecular weight is 444 g/mol. The fourth-order valence-corrected chi connectivity index (χ4v) is 3.45. The molecule has 3 heterocycles. The molecule has 1 aromatic carbocycles. The van der Waals surface area contributed by atoms with E-state index < -0.39 is 0 Å². The van der Waals surface area contributed by atoms with Crippen LogP contribution < -0.4 is 10.5 Å². The number of aromatic nitrogens is 5. The molecule has 0 amide bonds. The number of hydrogen-bond donors (Lipinski definition) is 1. The van der Waals surface area contributed by atoms with Crippen LogP contribution in [0.25, 0.3) is 22.2 Å². The minimum Gasteiger partial charge on any atom is -0.424 e. The molecule has 0 atom stereocenters. The Morgan fingerprint density at radius 3 is 2.48 bits per heavy atom. The second-order valence-corrected chi connectivity index (χ2v) is 6.36. The summed E-state index contributed by atoms with van der Waals surface area (Å²) in [6.45, 7) is 0. The van der Waals surface area contributed by atoms with Crippen molar-refractivity contribution in [3.63, 3.8) is 0 Å². The van der Waals surface area contributed by atoms with Crippen molar-refractivity contribution < 1.29 is 4.74 Å². The Morgan fingerprint density at radius 2 is 1.76 bits per heavy atom. The Hall–Kier alpha value is -2.75. The Morgan fingerprint density at radius 1 is 1.04 bits per heavy atom. The first-order chi connectivity index (χ1) is 12.1. The third kappa shape index (κ3) is 2.78. The van der Waals surface area contributed by atoms with E-state index in [1.165, 1.54) is 6.33 Å². The first kappa shape index (κ1) is 15.8. The van der Waals surface area contributed by atoms with Gasteiger partial charge in [-0.1, -0.05) is 12.1 Å². The number of nitrogen functional groups attached to an aromatic ring is 1. The van der Waals surface area contributed by atoms with Gasteiger partial charge in [0.05, 0.1) is 9.09 Å². The first-order valence-corrected chi connectivity index (χ1v) is 8.52. The number of nitrogens with zero attached hydrogens (tertiary/aromatic N) is 5. The molecule has 124 valence electrons. The monoisotopic (exact) mass is 444 g/mol. The zero-order valence-electron chi connectivity index (χ0n) is 13.2. The predicted molar refractivity (Wildman–Crippen MR) is 103 cm³/mol. The molecular weight excluding hydrogens is 431 g/mol. The number of benzene rings is 1. The summed E-state index contributed by atoms with van der Waals surface area (Å²) < 4.78 is 8.68. The SMILES string of the molecule is Cn1c(I)c(-c2ccc(Oc3ncccn3)cc2)c2c(N)ncnc21. The van der Waals surface area contributed by atoms with E-state index >= 15 is 0 Å². The van der Waals surface area contributed by atoms with E-state index in [-0.39, 0.29) is 0 Å². The molecule has 3 aromatic heterocycles. The predicted octanol–water partition coefficient (Wildman–Crippen LogP) is 3.40. The van der Waals surface area contributed by atoms with Gasteiger partial charge in [0.2, 0.25) is 0 Å². The van der Waals surface area contributed by atoms with E-state index in [9.17, 15) is 0 Å². The van der Waals surface area contributed by atoms with Gasteiger partial charge in [0.1, 0.15) is 23.5 Å². The van der Waals surface area contributed by atoms with Gasteiger partial charge in [0, 0.05) is 25.0 Å². The number of rotatable bonds is 3. The Bertz CT molecular complexity index is 1050. The van der Waals surface area contributed by atoms with Gasteiger partial charge in [-0.25, -0.2) is 19.9 Å². The summed E-state index contributed by atoms with van der Waals surface area (Å²) >= 11 is 2.29. The van der Waals surface area contributed by atoms with Crippen LogP contribution in [-0.2, 0) is 7.05 Å². The highest BCUT2D eigenvalue weighted by Crippen LogP contribution is 2.37. The van der Waals surface area contributed by atoms with Crippen LogP contribution in [0.1, 0.15) is 0 Å². The van der Waals surface area contributed by atoms with Crippen molar-refractivity contribution in [3.8, 4) is 22.9 Å². The Labute approximate surface area is 157 Å². The van der Waals surface area contributed by atoms with Gasteiger partial charge in [0.25, 0.3) is 0 Å². The summed E-state index contributed by atoms with van der Waals surface area (Å²) in [5.74, 6) is 1.13. The molecule has 0 unspecified atom stereocenters. The van der Waals surface area contributed by atoms with Gasteiger partial charge in [-0.3, -0.25) is 0 Å². The molecule has 0 spiro atoms. The molecule has 0 saturated carbocycles. The molecule has 2 N–H and O–H groups in total. The van der Waals surface area contributed by atoms with Gasteiger partial charge in [-0.2, -0.15) is 0 Å². The third-order valence-corrected chi connectivity index (χ3v) is 5.08. The van der Waals surface area contributed by atoms with Crippen LogP contribution in [0.15, 0.2) is 49.1 Å². The van der Waals surface area contributed by atoms with E-state index in [2.05, 4.69) is 42.5 Å².